The number of pyridine rings is 1. The zero-order valence-electron chi connectivity index (χ0n) is 19.3. The Kier molecular flexibility index (Phi) is 7.93. The number of aliphatic hydroxyl groups is 1. The molecular formula is C24H34N4O4S. The maximum atomic E-state index is 11.9. The van der Waals surface area contributed by atoms with Gasteiger partial charge in [-0.25, -0.2) is 18.4 Å². The summed E-state index contributed by atoms with van der Waals surface area (Å²) in [5.41, 5.74) is 1.92. The van der Waals surface area contributed by atoms with Crippen molar-refractivity contribution in [3.8, 4) is 0 Å². The molecule has 0 amide bonds. The van der Waals surface area contributed by atoms with Crippen LogP contribution in [0.25, 0.3) is 0 Å². The van der Waals surface area contributed by atoms with Gasteiger partial charge in [0.25, 0.3) is 0 Å². The molecule has 1 aliphatic heterocycles. The Labute approximate surface area is 196 Å². The summed E-state index contributed by atoms with van der Waals surface area (Å²) in [6.45, 7) is 4.90. The first-order chi connectivity index (χ1) is 16.0. The molecule has 2 aliphatic rings. The maximum Gasteiger partial charge on any atom is 0.225 e. The standard InChI is InChI=1S/C24H34N4O4S/c1-2-3-18-13-26-24(27-14-18)28-8-6-19(7-9-28)23-12-20(23)16-32-17-21-4-5-22(15-25-21)33(30,31)11-10-29/h4-5,13-15,19-20,23,29H,2-3,6-12,16-17H2,1H3/t20-,23+/m0/s1. The van der Waals surface area contributed by atoms with E-state index in [-0.39, 0.29) is 10.6 Å². The first-order valence-corrected chi connectivity index (χ1v) is 13.6. The Morgan fingerprint density at radius 1 is 1.12 bits per heavy atom. The average Bonchev–Trinajstić information content (AvgIpc) is 3.60. The Morgan fingerprint density at radius 3 is 2.52 bits per heavy atom. The van der Waals surface area contributed by atoms with Crippen LogP contribution in [0.3, 0.4) is 0 Å². The summed E-state index contributed by atoms with van der Waals surface area (Å²) in [5, 5.41) is 8.87. The number of anilines is 1. The fourth-order valence-electron chi connectivity index (χ4n) is 4.73. The molecule has 2 atom stereocenters. The van der Waals surface area contributed by atoms with Gasteiger partial charge in [0.15, 0.2) is 9.84 Å². The summed E-state index contributed by atoms with van der Waals surface area (Å²) >= 11 is 0. The molecule has 0 unspecified atom stereocenters. The quantitative estimate of drug-likeness (QED) is 0.530. The lowest BCUT2D eigenvalue weighted by atomic mass is 9.91. The highest BCUT2D eigenvalue weighted by molar-refractivity contribution is 7.91. The van der Waals surface area contributed by atoms with Gasteiger partial charge in [0.1, 0.15) is 0 Å². The van der Waals surface area contributed by atoms with E-state index in [4.69, 9.17) is 9.84 Å². The van der Waals surface area contributed by atoms with Crippen LogP contribution in [0, 0.1) is 17.8 Å². The minimum Gasteiger partial charge on any atom is -0.395 e. The van der Waals surface area contributed by atoms with E-state index in [9.17, 15) is 8.42 Å². The Hall–Kier alpha value is -2.10. The minimum absolute atomic E-state index is 0.135. The molecule has 0 radical (unpaired) electrons. The van der Waals surface area contributed by atoms with Crippen molar-refractivity contribution < 1.29 is 18.3 Å². The van der Waals surface area contributed by atoms with Gasteiger partial charge in [-0.3, -0.25) is 4.98 Å². The molecular weight excluding hydrogens is 440 g/mol. The summed E-state index contributed by atoms with van der Waals surface area (Å²) in [4.78, 5) is 15.8. The number of sulfone groups is 1. The van der Waals surface area contributed by atoms with Gasteiger partial charge in [-0.2, -0.15) is 0 Å². The van der Waals surface area contributed by atoms with Crippen LogP contribution >= 0.6 is 0 Å². The summed E-state index contributed by atoms with van der Waals surface area (Å²) in [6.07, 6.45) is 11.0. The number of aryl methyl sites for hydroxylation is 1. The van der Waals surface area contributed by atoms with E-state index in [1.165, 1.54) is 37.1 Å². The molecule has 2 aromatic rings. The van der Waals surface area contributed by atoms with Crippen LogP contribution in [-0.2, 0) is 27.6 Å². The lowest BCUT2D eigenvalue weighted by Gasteiger charge is -2.32. The van der Waals surface area contributed by atoms with Crippen LogP contribution in [0.4, 0.5) is 5.95 Å². The average molecular weight is 475 g/mol. The van der Waals surface area contributed by atoms with Crippen molar-refractivity contribution in [1.29, 1.82) is 0 Å². The van der Waals surface area contributed by atoms with E-state index >= 15 is 0 Å². The van der Waals surface area contributed by atoms with Crippen LogP contribution in [0.15, 0.2) is 35.6 Å². The molecule has 4 rings (SSSR count). The number of piperidine rings is 1. The van der Waals surface area contributed by atoms with Crippen LogP contribution < -0.4 is 4.90 Å². The molecule has 8 nitrogen and oxygen atoms in total. The Morgan fingerprint density at radius 2 is 1.88 bits per heavy atom. The largest absolute Gasteiger partial charge is 0.395 e. The number of hydrogen-bond donors (Lipinski definition) is 1. The third kappa shape index (κ3) is 6.28. The molecule has 2 fully saturated rings. The van der Waals surface area contributed by atoms with E-state index in [1.54, 1.807) is 6.07 Å². The molecule has 9 heteroatoms. The van der Waals surface area contributed by atoms with Gasteiger partial charge in [0.2, 0.25) is 5.95 Å². The van der Waals surface area contributed by atoms with Crippen LogP contribution in [0.1, 0.15) is 43.9 Å². The maximum absolute atomic E-state index is 11.9. The van der Waals surface area contributed by atoms with E-state index in [0.29, 0.717) is 18.2 Å². The van der Waals surface area contributed by atoms with E-state index in [2.05, 4.69) is 26.8 Å². The zero-order valence-corrected chi connectivity index (χ0v) is 20.1. The van der Waals surface area contributed by atoms with Gasteiger partial charge in [-0.05, 0) is 61.1 Å². The topological polar surface area (TPSA) is 106 Å². The second kappa shape index (κ2) is 10.9. The smallest absolute Gasteiger partial charge is 0.225 e. The SMILES string of the molecule is CCCc1cnc(N2CCC([C@H]3C[C@H]3COCc3ccc(S(=O)(=O)CCO)cn3)CC2)nc1. The van der Waals surface area contributed by atoms with Gasteiger partial charge in [0, 0.05) is 31.7 Å². The molecule has 2 aromatic heterocycles. The molecule has 33 heavy (non-hydrogen) atoms. The number of nitrogens with zero attached hydrogens (tertiary/aromatic N) is 4. The summed E-state index contributed by atoms with van der Waals surface area (Å²) in [6, 6.07) is 3.21. The second-order valence-electron chi connectivity index (χ2n) is 9.17. The molecule has 180 valence electrons. The number of aliphatic hydroxyl groups excluding tert-OH is 1. The summed E-state index contributed by atoms with van der Waals surface area (Å²) in [5.74, 6) is 2.65. The highest BCUT2D eigenvalue weighted by Crippen LogP contribution is 2.48. The normalized spacial score (nSPS) is 21.3. The molecule has 1 aliphatic carbocycles. The lowest BCUT2D eigenvalue weighted by Crippen LogP contribution is -2.35. The molecule has 0 aromatic carbocycles. The van der Waals surface area contributed by atoms with Crippen LogP contribution in [0.5, 0.6) is 0 Å². The monoisotopic (exact) mass is 474 g/mol. The van der Waals surface area contributed by atoms with E-state index in [1.807, 2.05) is 12.4 Å². The third-order valence-electron chi connectivity index (χ3n) is 6.73. The highest BCUT2D eigenvalue weighted by Gasteiger charge is 2.43. The van der Waals surface area contributed by atoms with Crippen molar-refractivity contribution in [2.75, 3.05) is 37.0 Å². The molecule has 1 N–H and O–H groups in total. The van der Waals surface area contributed by atoms with Gasteiger partial charge < -0.3 is 14.7 Å². The predicted octanol–water partition coefficient (Wildman–Crippen LogP) is 2.66. The van der Waals surface area contributed by atoms with Crippen molar-refractivity contribution >= 4 is 15.8 Å². The first kappa shape index (κ1) is 24.0. The highest BCUT2D eigenvalue weighted by atomic mass is 32.2. The summed E-state index contributed by atoms with van der Waals surface area (Å²) in [7, 11) is -3.46. The fraction of sp³-hybridized carbons (Fsp3) is 0.625. The zero-order chi connectivity index (χ0) is 23.3. The fourth-order valence-corrected chi connectivity index (χ4v) is 5.69. The van der Waals surface area contributed by atoms with Gasteiger partial charge in [-0.15, -0.1) is 0 Å². The van der Waals surface area contributed by atoms with Crippen molar-refractivity contribution in [1.82, 2.24) is 15.0 Å². The Bertz CT molecular complexity index is 990. The number of aromatic nitrogens is 3. The van der Waals surface area contributed by atoms with Crippen molar-refractivity contribution in [3.05, 3.63) is 42.0 Å². The lowest BCUT2D eigenvalue weighted by molar-refractivity contribution is 0.102. The third-order valence-corrected chi connectivity index (χ3v) is 8.41. The molecule has 0 spiro atoms. The van der Waals surface area contributed by atoms with Crippen molar-refractivity contribution in [3.63, 3.8) is 0 Å². The molecule has 1 saturated heterocycles. The Balaban J connectivity index is 1.16. The first-order valence-electron chi connectivity index (χ1n) is 11.9. The molecule has 1 saturated carbocycles. The van der Waals surface area contributed by atoms with Gasteiger partial charge >= 0.3 is 0 Å². The number of ether oxygens (including phenoxy) is 1. The van der Waals surface area contributed by atoms with E-state index in [0.717, 1.165) is 50.3 Å². The molecule has 3 heterocycles. The molecule has 0 bridgehead atoms. The minimum atomic E-state index is -3.46. The number of hydrogen-bond acceptors (Lipinski definition) is 8. The van der Waals surface area contributed by atoms with Crippen molar-refractivity contribution in [2.45, 2.75) is 50.5 Å². The van der Waals surface area contributed by atoms with Crippen LogP contribution in [-0.4, -0.2) is 60.5 Å². The van der Waals surface area contributed by atoms with Crippen LogP contribution in [0.2, 0.25) is 0 Å². The number of rotatable bonds is 11. The van der Waals surface area contributed by atoms with Crippen molar-refractivity contribution in [2.24, 2.45) is 17.8 Å². The van der Waals surface area contributed by atoms with Gasteiger partial charge in [-0.1, -0.05) is 13.3 Å². The van der Waals surface area contributed by atoms with Gasteiger partial charge in [0.05, 0.1) is 36.2 Å². The summed E-state index contributed by atoms with van der Waals surface area (Å²) < 4.78 is 29.8. The van der Waals surface area contributed by atoms with E-state index < -0.39 is 16.4 Å². The predicted molar refractivity (Wildman–Crippen MR) is 126 cm³/mol. The second-order valence-corrected chi connectivity index (χ2v) is 11.3.